The van der Waals surface area contributed by atoms with Gasteiger partial charge in [-0.25, -0.2) is 4.98 Å². The van der Waals surface area contributed by atoms with Crippen LogP contribution in [0.15, 0.2) is 73.2 Å². The predicted molar refractivity (Wildman–Crippen MR) is 174 cm³/mol. The number of amides is 3. The van der Waals surface area contributed by atoms with Crippen LogP contribution in [0.1, 0.15) is 37.9 Å². The minimum absolute atomic E-state index is 0.129. The van der Waals surface area contributed by atoms with Gasteiger partial charge >= 0.3 is 0 Å². The second-order valence-electron chi connectivity index (χ2n) is 12.0. The summed E-state index contributed by atoms with van der Waals surface area (Å²) in [6.07, 6.45) is 4.84. The summed E-state index contributed by atoms with van der Waals surface area (Å²) in [5.74, 6) is -0.423. The minimum atomic E-state index is -0.834. The van der Waals surface area contributed by atoms with Gasteiger partial charge < -0.3 is 35.6 Å². The Morgan fingerprint density at radius 2 is 1.69 bits per heavy atom. The van der Waals surface area contributed by atoms with E-state index in [9.17, 15) is 14.4 Å². The monoisotopic (exact) mass is 614 g/mol. The van der Waals surface area contributed by atoms with E-state index in [1.54, 1.807) is 17.4 Å². The average Bonchev–Trinajstić information content (AvgIpc) is 3.68. The summed E-state index contributed by atoms with van der Waals surface area (Å²) in [5, 5.41) is 2.94. The number of rotatable bonds is 13. The molecule has 1 aromatic heterocycles. The van der Waals surface area contributed by atoms with E-state index >= 15 is 0 Å². The lowest BCUT2D eigenvalue weighted by atomic mass is 9.85. The van der Waals surface area contributed by atoms with Gasteiger partial charge in [-0.05, 0) is 43.6 Å². The third-order valence-corrected chi connectivity index (χ3v) is 9.29. The van der Waals surface area contributed by atoms with Crippen LogP contribution in [0.5, 0.6) is 0 Å². The fourth-order valence-electron chi connectivity index (χ4n) is 6.55. The zero-order chi connectivity index (χ0) is 31.8. The highest BCUT2D eigenvalue weighted by Crippen LogP contribution is 2.39. The second kappa shape index (κ2) is 14.7. The van der Waals surface area contributed by atoms with Crippen molar-refractivity contribution in [3.05, 3.63) is 84.4 Å². The number of nitrogens with two attached hydrogens (primary N) is 1. The van der Waals surface area contributed by atoms with E-state index in [4.69, 9.17) is 5.73 Å². The molecule has 0 unspecified atom stereocenters. The summed E-state index contributed by atoms with van der Waals surface area (Å²) in [7, 11) is 0. The Hall–Kier alpha value is -4.22. The van der Waals surface area contributed by atoms with Crippen molar-refractivity contribution in [3.8, 4) is 0 Å². The van der Waals surface area contributed by atoms with Crippen LogP contribution in [0.4, 0.5) is 5.69 Å². The van der Waals surface area contributed by atoms with Crippen molar-refractivity contribution in [1.82, 2.24) is 30.0 Å². The van der Waals surface area contributed by atoms with Crippen LogP contribution in [-0.4, -0.2) is 106 Å². The van der Waals surface area contributed by atoms with Crippen LogP contribution >= 0.6 is 0 Å². The summed E-state index contributed by atoms with van der Waals surface area (Å²) in [5.41, 5.74) is 8.22. The van der Waals surface area contributed by atoms with E-state index in [1.807, 2.05) is 53.4 Å². The second-order valence-corrected chi connectivity index (χ2v) is 12.0. The van der Waals surface area contributed by atoms with Gasteiger partial charge in [-0.2, -0.15) is 0 Å². The van der Waals surface area contributed by atoms with E-state index in [0.717, 1.165) is 36.6 Å². The highest BCUT2D eigenvalue weighted by atomic mass is 16.2. The zero-order valence-electron chi connectivity index (χ0n) is 26.4. The van der Waals surface area contributed by atoms with Crippen molar-refractivity contribution in [1.29, 1.82) is 0 Å². The van der Waals surface area contributed by atoms with Gasteiger partial charge in [-0.15, -0.1) is 0 Å². The molecule has 2 aliphatic rings. The predicted octanol–water partition coefficient (Wildman–Crippen LogP) is 2.02. The number of imidazole rings is 1. The van der Waals surface area contributed by atoms with Gasteiger partial charge in [0.2, 0.25) is 17.7 Å². The van der Waals surface area contributed by atoms with E-state index < -0.39 is 23.5 Å². The number of carbonyl (C=O) groups is 3. The van der Waals surface area contributed by atoms with Crippen molar-refractivity contribution < 1.29 is 14.4 Å². The maximum absolute atomic E-state index is 14.1. The van der Waals surface area contributed by atoms with Gasteiger partial charge in [0.25, 0.3) is 0 Å². The van der Waals surface area contributed by atoms with E-state index in [-0.39, 0.29) is 18.2 Å². The SMILES string of the molecule is CCN(CC)CCN1CN(c2ccccc2)C2(CCN(C(=O)[C@@H](Cc3ccccc3)NC(=O)[C@@H](N)Cc3cnc[nH]3)CC2)C1=O. The Bertz CT molecular complexity index is 1390. The number of piperidine rings is 1. The lowest BCUT2D eigenvalue weighted by Crippen LogP contribution is -2.60. The van der Waals surface area contributed by atoms with Gasteiger partial charge in [0.1, 0.15) is 11.6 Å². The molecule has 3 heterocycles. The molecule has 3 aromatic rings. The molecule has 2 aliphatic heterocycles. The molecule has 4 N–H and O–H groups in total. The van der Waals surface area contributed by atoms with Crippen molar-refractivity contribution in [2.75, 3.05) is 50.8 Å². The fraction of sp³-hybridized carbons (Fsp3) is 0.471. The number of likely N-dealkylation sites (tertiary alicyclic amines) is 1. The number of benzene rings is 2. The first-order chi connectivity index (χ1) is 21.8. The number of nitrogens with one attached hydrogen (secondary N) is 2. The van der Waals surface area contributed by atoms with Crippen LogP contribution in [-0.2, 0) is 27.2 Å². The Morgan fingerprint density at radius 3 is 2.31 bits per heavy atom. The Balaban J connectivity index is 1.31. The molecule has 2 fully saturated rings. The number of H-pyrrole nitrogens is 1. The zero-order valence-corrected chi connectivity index (χ0v) is 26.4. The third-order valence-electron chi connectivity index (χ3n) is 9.29. The van der Waals surface area contributed by atoms with Gasteiger partial charge in [-0.3, -0.25) is 14.4 Å². The first-order valence-corrected chi connectivity index (χ1v) is 16.0. The highest BCUT2D eigenvalue weighted by Gasteiger charge is 2.54. The lowest BCUT2D eigenvalue weighted by Gasteiger charge is -2.44. The topological polar surface area (TPSA) is 131 Å². The molecular weight excluding hydrogens is 568 g/mol. The molecule has 11 heteroatoms. The molecule has 2 atom stereocenters. The number of hydrogen-bond donors (Lipinski definition) is 3. The van der Waals surface area contributed by atoms with Crippen molar-refractivity contribution in [2.45, 2.75) is 57.2 Å². The minimum Gasteiger partial charge on any atom is -0.348 e. The van der Waals surface area contributed by atoms with Crippen molar-refractivity contribution in [3.63, 3.8) is 0 Å². The smallest absolute Gasteiger partial charge is 0.250 e. The van der Waals surface area contributed by atoms with E-state index in [1.165, 1.54) is 0 Å². The quantitative estimate of drug-likeness (QED) is 0.269. The first-order valence-electron chi connectivity index (χ1n) is 16.0. The molecular formula is C34H46N8O3. The van der Waals surface area contributed by atoms with Crippen LogP contribution in [0.25, 0.3) is 0 Å². The number of aromatic amines is 1. The Labute approximate surface area is 265 Å². The molecule has 5 rings (SSSR count). The molecule has 0 aliphatic carbocycles. The van der Waals surface area contributed by atoms with E-state index in [0.29, 0.717) is 45.6 Å². The van der Waals surface area contributed by atoms with Crippen LogP contribution < -0.4 is 16.0 Å². The standard InChI is InChI=1S/C34H46N8O3/c1-3-39(4-2)19-20-41-25-42(28-13-9-6-10-14-28)34(33(41)45)15-17-40(18-16-34)32(44)30(21-26-11-7-5-8-12-26)38-31(43)29(35)22-27-23-36-24-37-27/h5-14,23-24,29-30H,3-4,15-22,25,35H2,1-2H3,(H,36,37)(H,38,43)/t29-,30+/m0/s1. The molecule has 0 radical (unpaired) electrons. The van der Waals surface area contributed by atoms with Gasteiger partial charge in [0.15, 0.2) is 0 Å². The normalized spacial score (nSPS) is 17.6. The Morgan fingerprint density at radius 1 is 1.02 bits per heavy atom. The van der Waals surface area contributed by atoms with Crippen LogP contribution in [0.3, 0.4) is 0 Å². The fourth-order valence-corrected chi connectivity index (χ4v) is 6.55. The number of hydrogen-bond acceptors (Lipinski definition) is 7. The number of anilines is 1. The summed E-state index contributed by atoms with van der Waals surface area (Å²) >= 11 is 0. The van der Waals surface area contributed by atoms with Crippen molar-refractivity contribution >= 4 is 23.4 Å². The summed E-state index contributed by atoms with van der Waals surface area (Å²) < 4.78 is 0. The van der Waals surface area contributed by atoms with Gasteiger partial charge in [-0.1, -0.05) is 62.4 Å². The highest BCUT2D eigenvalue weighted by molar-refractivity contribution is 5.94. The lowest BCUT2D eigenvalue weighted by molar-refractivity contribution is -0.141. The molecule has 11 nitrogen and oxygen atoms in total. The maximum Gasteiger partial charge on any atom is 0.250 e. The molecule has 0 bridgehead atoms. The number of nitrogens with zero attached hydrogens (tertiary/aromatic N) is 5. The number of aromatic nitrogens is 2. The molecule has 3 amide bonds. The summed E-state index contributed by atoms with van der Waals surface area (Å²) in [4.78, 5) is 56.7. The molecule has 0 saturated carbocycles. The van der Waals surface area contributed by atoms with Gasteiger partial charge in [0, 0.05) is 56.6 Å². The van der Waals surface area contributed by atoms with Crippen LogP contribution in [0.2, 0.25) is 0 Å². The largest absolute Gasteiger partial charge is 0.348 e. The van der Waals surface area contributed by atoms with Crippen LogP contribution in [0, 0.1) is 0 Å². The molecule has 1 spiro atoms. The van der Waals surface area contributed by atoms with E-state index in [2.05, 4.69) is 51.1 Å². The Kier molecular flexibility index (Phi) is 10.5. The van der Waals surface area contributed by atoms with Crippen molar-refractivity contribution in [2.24, 2.45) is 5.73 Å². The third kappa shape index (κ3) is 7.37. The molecule has 240 valence electrons. The molecule has 2 aromatic carbocycles. The number of para-hydroxylation sites is 1. The molecule has 45 heavy (non-hydrogen) atoms. The number of likely N-dealkylation sites (N-methyl/N-ethyl adjacent to an activating group) is 1. The summed E-state index contributed by atoms with van der Waals surface area (Å²) in [6.45, 7) is 9.01. The maximum atomic E-state index is 14.1. The van der Waals surface area contributed by atoms with Gasteiger partial charge in [0.05, 0.1) is 19.0 Å². The average molecular weight is 615 g/mol. The molecule has 2 saturated heterocycles. The first kappa shape index (κ1) is 32.2. The summed E-state index contributed by atoms with van der Waals surface area (Å²) in [6, 6.07) is 18.1. The number of carbonyl (C=O) groups excluding carboxylic acids is 3.